The van der Waals surface area contributed by atoms with Crippen molar-refractivity contribution >= 4 is 0 Å². The minimum atomic E-state index is -0.608. The van der Waals surface area contributed by atoms with Crippen molar-refractivity contribution in [1.82, 2.24) is 5.48 Å². The molecular weight excluding hydrogens is 222 g/mol. The molecule has 2 N–H and O–H groups in total. The summed E-state index contributed by atoms with van der Waals surface area (Å²) in [5.74, 6) is 1.47. The zero-order valence-electron chi connectivity index (χ0n) is 10.2. The first-order chi connectivity index (χ1) is 8.26. The Morgan fingerprint density at radius 2 is 1.88 bits per heavy atom. The molecule has 0 saturated heterocycles. The second-order valence-electron chi connectivity index (χ2n) is 3.42. The first-order valence-corrected chi connectivity index (χ1v) is 5.55. The molecule has 0 saturated carbocycles. The number of nitrogens with one attached hydrogen (secondary N) is 1. The summed E-state index contributed by atoms with van der Waals surface area (Å²) in [5, 5.41) is 9.55. The molecule has 0 aromatic heterocycles. The largest absolute Gasteiger partial charge is 0.497 e. The number of hydrogen-bond donors (Lipinski definition) is 2. The van der Waals surface area contributed by atoms with E-state index in [1.54, 1.807) is 31.4 Å². The van der Waals surface area contributed by atoms with E-state index < -0.39 is 6.10 Å². The van der Waals surface area contributed by atoms with Crippen LogP contribution in [-0.4, -0.2) is 38.1 Å². The normalized spacial score (nSPS) is 12.2. The van der Waals surface area contributed by atoms with Crippen LogP contribution in [0.5, 0.6) is 11.5 Å². The van der Waals surface area contributed by atoms with Crippen molar-refractivity contribution in [1.29, 1.82) is 0 Å². The highest BCUT2D eigenvalue weighted by Crippen LogP contribution is 2.16. The molecule has 1 atom stereocenters. The van der Waals surface area contributed by atoms with Crippen molar-refractivity contribution in [2.75, 3.05) is 26.9 Å². The molecule has 5 heteroatoms. The molecule has 1 aromatic carbocycles. The van der Waals surface area contributed by atoms with Gasteiger partial charge in [0, 0.05) is 0 Å². The van der Waals surface area contributed by atoms with Gasteiger partial charge in [-0.25, -0.2) is 0 Å². The summed E-state index contributed by atoms with van der Waals surface area (Å²) in [6, 6.07) is 7.20. The van der Waals surface area contributed by atoms with Gasteiger partial charge in [0.25, 0.3) is 0 Å². The number of aliphatic hydroxyl groups excluding tert-OH is 1. The highest BCUT2D eigenvalue weighted by molar-refractivity contribution is 5.31. The lowest BCUT2D eigenvalue weighted by Crippen LogP contribution is -2.31. The maximum absolute atomic E-state index is 9.55. The minimum Gasteiger partial charge on any atom is -0.497 e. The Kier molecular flexibility index (Phi) is 6.39. The molecular formula is C12H19NO4. The summed E-state index contributed by atoms with van der Waals surface area (Å²) >= 11 is 0. The van der Waals surface area contributed by atoms with Crippen LogP contribution in [0.25, 0.3) is 0 Å². The third-order valence-electron chi connectivity index (χ3n) is 2.07. The third-order valence-corrected chi connectivity index (χ3v) is 2.07. The molecule has 5 nitrogen and oxygen atoms in total. The Morgan fingerprint density at radius 3 is 2.47 bits per heavy atom. The average Bonchev–Trinajstić information content (AvgIpc) is 2.37. The molecule has 1 aromatic rings. The maximum atomic E-state index is 9.55. The molecule has 0 radical (unpaired) electrons. The minimum absolute atomic E-state index is 0.215. The van der Waals surface area contributed by atoms with Crippen LogP contribution in [0.1, 0.15) is 6.92 Å². The number of benzene rings is 1. The van der Waals surface area contributed by atoms with Crippen molar-refractivity contribution in [3.63, 3.8) is 0 Å². The van der Waals surface area contributed by atoms with E-state index in [0.717, 1.165) is 5.75 Å². The second-order valence-corrected chi connectivity index (χ2v) is 3.42. The second kappa shape index (κ2) is 7.89. The molecule has 0 spiro atoms. The SMILES string of the molecule is CCONCC(O)COc1ccc(OC)cc1. The van der Waals surface area contributed by atoms with Gasteiger partial charge in [0.15, 0.2) is 0 Å². The zero-order valence-corrected chi connectivity index (χ0v) is 10.2. The first-order valence-electron chi connectivity index (χ1n) is 5.55. The zero-order chi connectivity index (χ0) is 12.5. The van der Waals surface area contributed by atoms with E-state index in [1.807, 2.05) is 6.92 Å². The van der Waals surface area contributed by atoms with Gasteiger partial charge in [-0.1, -0.05) is 0 Å². The van der Waals surface area contributed by atoms with Crippen LogP contribution in [0.15, 0.2) is 24.3 Å². The lowest BCUT2D eigenvalue weighted by atomic mass is 10.3. The molecule has 1 unspecified atom stereocenters. The Hall–Kier alpha value is -1.30. The topological polar surface area (TPSA) is 60.0 Å². The number of hydroxylamine groups is 1. The maximum Gasteiger partial charge on any atom is 0.119 e. The van der Waals surface area contributed by atoms with Crippen LogP contribution < -0.4 is 15.0 Å². The van der Waals surface area contributed by atoms with Crippen LogP contribution >= 0.6 is 0 Å². The van der Waals surface area contributed by atoms with Crippen molar-refractivity contribution < 1.29 is 19.4 Å². The van der Waals surface area contributed by atoms with E-state index in [-0.39, 0.29) is 6.61 Å². The summed E-state index contributed by atoms with van der Waals surface area (Å²) < 4.78 is 10.4. The molecule has 0 heterocycles. The standard InChI is InChI=1S/C12H19NO4/c1-3-17-13-8-10(14)9-16-12-6-4-11(15-2)5-7-12/h4-7,10,13-14H,3,8-9H2,1-2H3. The quantitative estimate of drug-likeness (QED) is 0.525. The van der Waals surface area contributed by atoms with Crippen LogP contribution in [0.2, 0.25) is 0 Å². The molecule has 1 rings (SSSR count). The number of rotatable bonds is 8. The fraction of sp³-hybridized carbons (Fsp3) is 0.500. The van der Waals surface area contributed by atoms with Gasteiger partial charge in [0.2, 0.25) is 0 Å². The van der Waals surface area contributed by atoms with E-state index >= 15 is 0 Å². The molecule has 0 aliphatic rings. The lowest BCUT2D eigenvalue weighted by molar-refractivity contribution is 0.00949. The van der Waals surface area contributed by atoms with Crippen LogP contribution in [0, 0.1) is 0 Å². The molecule has 0 amide bonds. The third kappa shape index (κ3) is 5.53. The number of methoxy groups -OCH3 is 1. The number of ether oxygens (including phenoxy) is 2. The van der Waals surface area contributed by atoms with Gasteiger partial charge >= 0.3 is 0 Å². The van der Waals surface area contributed by atoms with E-state index in [2.05, 4.69) is 5.48 Å². The number of hydrogen-bond acceptors (Lipinski definition) is 5. The predicted molar refractivity (Wildman–Crippen MR) is 64.1 cm³/mol. The molecule has 0 fully saturated rings. The Morgan fingerprint density at radius 1 is 1.24 bits per heavy atom. The van der Waals surface area contributed by atoms with Crippen molar-refractivity contribution in [2.45, 2.75) is 13.0 Å². The van der Waals surface area contributed by atoms with Gasteiger partial charge in [-0.2, -0.15) is 5.48 Å². The van der Waals surface area contributed by atoms with Gasteiger partial charge in [-0.3, -0.25) is 0 Å². The predicted octanol–water partition coefficient (Wildman–Crippen LogP) is 0.976. The van der Waals surface area contributed by atoms with E-state index in [4.69, 9.17) is 14.3 Å². The molecule has 0 aliphatic heterocycles. The van der Waals surface area contributed by atoms with Gasteiger partial charge < -0.3 is 19.4 Å². The van der Waals surface area contributed by atoms with Crippen molar-refractivity contribution in [2.24, 2.45) is 0 Å². The summed E-state index contributed by atoms with van der Waals surface area (Å²) in [7, 11) is 1.61. The van der Waals surface area contributed by atoms with E-state index in [9.17, 15) is 5.11 Å². The molecule has 0 aliphatic carbocycles. The summed E-state index contributed by atoms with van der Waals surface area (Å²) in [4.78, 5) is 4.90. The van der Waals surface area contributed by atoms with Crippen LogP contribution in [-0.2, 0) is 4.84 Å². The number of aliphatic hydroxyl groups is 1. The summed E-state index contributed by atoms with van der Waals surface area (Å²) in [6.07, 6.45) is -0.608. The fourth-order valence-electron chi connectivity index (χ4n) is 1.18. The molecule has 96 valence electrons. The molecule has 17 heavy (non-hydrogen) atoms. The highest BCUT2D eigenvalue weighted by Gasteiger charge is 2.04. The first kappa shape index (κ1) is 13.8. The van der Waals surface area contributed by atoms with Crippen molar-refractivity contribution in [3.8, 4) is 11.5 Å². The van der Waals surface area contributed by atoms with Gasteiger partial charge in [0.1, 0.15) is 24.2 Å². The molecule has 0 bridgehead atoms. The van der Waals surface area contributed by atoms with Gasteiger partial charge in [0.05, 0.1) is 20.3 Å². The summed E-state index contributed by atoms with van der Waals surface area (Å²) in [6.45, 7) is 2.98. The monoisotopic (exact) mass is 241 g/mol. The van der Waals surface area contributed by atoms with Gasteiger partial charge in [-0.05, 0) is 31.2 Å². The fourth-order valence-corrected chi connectivity index (χ4v) is 1.18. The van der Waals surface area contributed by atoms with Crippen LogP contribution in [0.3, 0.4) is 0 Å². The van der Waals surface area contributed by atoms with Crippen molar-refractivity contribution in [3.05, 3.63) is 24.3 Å². The summed E-state index contributed by atoms with van der Waals surface area (Å²) in [5.41, 5.74) is 2.64. The highest BCUT2D eigenvalue weighted by atomic mass is 16.6. The van der Waals surface area contributed by atoms with Crippen LogP contribution in [0.4, 0.5) is 0 Å². The Labute approximate surface area is 101 Å². The van der Waals surface area contributed by atoms with E-state index in [0.29, 0.717) is 18.9 Å². The van der Waals surface area contributed by atoms with E-state index in [1.165, 1.54) is 0 Å². The smallest absolute Gasteiger partial charge is 0.119 e. The van der Waals surface area contributed by atoms with Gasteiger partial charge in [-0.15, -0.1) is 0 Å². The lowest BCUT2D eigenvalue weighted by Gasteiger charge is -2.13. The Balaban J connectivity index is 2.24. The Bertz CT molecular complexity index is 302. The average molecular weight is 241 g/mol.